The minimum absolute atomic E-state index is 0. The van der Waals surface area contributed by atoms with Gasteiger partial charge < -0.3 is 5.48 Å². The Morgan fingerprint density at radius 3 is 1.00 bits per heavy atom. The molecule has 0 unspecified atom stereocenters. The van der Waals surface area contributed by atoms with E-state index in [0.29, 0.717) is 0 Å². The van der Waals surface area contributed by atoms with Crippen molar-refractivity contribution >= 4 is 51.4 Å². The smallest absolute Gasteiger partial charge is 0 e. The second kappa shape index (κ2) is 17.2. The maximum atomic E-state index is 0. The molecule has 0 spiro atoms. The summed E-state index contributed by atoms with van der Waals surface area (Å²) in [6.45, 7) is 0. The summed E-state index contributed by atoms with van der Waals surface area (Å²) in [7, 11) is 0. The van der Waals surface area contributed by atoms with E-state index in [2.05, 4.69) is 0 Å². The SMILES string of the molecule is F.O.[KH].[La]. The van der Waals surface area contributed by atoms with Gasteiger partial charge in [-0.3, -0.25) is 4.70 Å². The predicted molar refractivity (Wildman–Crippen MR) is 13.3 cm³/mol. The van der Waals surface area contributed by atoms with E-state index in [4.69, 9.17) is 0 Å². The fraction of sp³-hybridized carbons (Fsp3) is 0. The van der Waals surface area contributed by atoms with Crippen LogP contribution >= 0.6 is 0 Å². The zero-order valence-corrected chi connectivity index (χ0v) is 5.11. The van der Waals surface area contributed by atoms with Gasteiger partial charge in [-0.2, -0.15) is 0 Å². The van der Waals surface area contributed by atoms with E-state index in [1.54, 1.807) is 0 Å². The molecule has 0 saturated carbocycles. The van der Waals surface area contributed by atoms with Gasteiger partial charge in [0, 0.05) is 35.6 Å². The van der Waals surface area contributed by atoms with Crippen LogP contribution in [0.2, 0.25) is 0 Å². The minimum atomic E-state index is 0. The normalized spacial score (nSPS) is 0. The summed E-state index contributed by atoms with van der Waals surface area (Å²) in [4.78, 5) is 0. The molecular formula is H4FKLaO. The number of hydrogen-bond acceptors (Lipinski definition) is 0. The molecule has 1 nitrogen and oxygen atoms in total. The van der Waals surface area contributed by atoms with Gasteiger partial charge in [0.1, 0.15) is 0 Å². The molecule has 0 heterocycles. The third-order valence-electron chi connectivity index (χ3n) is 0. The van der Waals surface area contributed by atoms with Crippen LogP contribution < -0.4 is 0 Å². The predicted octanol–water partition coefficient (Wildman–Crippen LogP) is -1.32. The molecule has 0 aliphatic heterocycles. The Morgan fingerprint density at radius 2 is 1.00 bits per heavy atom. The van der Waals surface area contributed by atoms with Gasteiger partial charge in [0.2, 0.25) is 0 Å². The number of rotatable bonds is 0. The van der Waals surface area contributed by atoms with Crippen molar-refractivity contribution in [2.24, 2.45) is 0 Å². The molecule has 0 atom stereocenters. The third kappa shape index (κ3) is 8.83. The number of halogens is 1. The van der Waals surface area contributed by atoms with Gasteiger partial charge in [0.15, 0.2) is 0 Å². The summed E-state index contributed by atoms with van der Waals surface area (Å²) >= 11 is 0. The standard InChI is InChI=1S/FH.K.La.H2O.H/h1H;;;1H2;. The summed E-state index contributed by atoms with van der Waals surface area (Å²) in [6, 6.07) is 0. The molecule has 4 heteroatoms. The maximum absolute atomic E-state index is 0. The molecule has 2 N–H and O–H groups in total. The molecule has 21 valence electrons. The molecule has 4 heavy (non-hydrogen) atoms. The molecule has 0 rings (SSSR count). The van der Waals surface area contributed by atoms with E-state index in [1.165, 1.54) is 0 Å². The van der Waals surface area contributed by atoms with Crippen molar-refractivity contribution in [2.75, 3.05) is 0 Å². The van der Waals surface area contributed by atoms with Crippen LogP contribution in [0.25, 0.3) is 0 Å². The van der Waals surface area contributed by atoms with Crippen molar-refractivity contribution in [1.29, 1.82) is 0 Å². The van der Waals surface area contributed by atoms with E-state index in [0.717, 1.165) is 0 Å². The van der Waals surface area contributed by atoms with Crippen LogP contribution in [0.3, 0.4) is 0 Å². The van der Waals surface area contributed by atoms with Crippen LogP contribution in [0.4, 0.5) is 4.70 Å². The Morgan fingerprint density at radius 1 is 1.00 bits per heavy atom. The number of hydrogen-bond donors (Lipinski definition) is 0. The first-order valence-corrected chi connectivity index (χ1v) is 0. The monoisotopic (exact) mass is 217 g/mol. The first-order valence-electron chi connectivity index (χ1n) is 0. The Labute approximate surface area is 94.6 Å². The maximum Gasteiger partial charge on any atom is 0 e. The molecule has 0 saturated heterocycles. The fourth-order valence-corrected chi connectivity index (χ4v) is 0. The molecule has 0 aromatic carbocycles. The first kappa shape index (κ1) is 29.7. The molecule has 0 aliphatic carbocycles. The van der Waals surface area contributed by atoms with Crippen molar-refractivity contribution in [2.45, 2.75) is 0 Å². The average Bonchev–Trinajstić information content (AvgIpc) is 0. The summed E-state index contributed by atoms with van der Waals surface area (Å²) in [6.07, 6.45) is 0. The van der Waals surface area contributed by atoms with Crippen LogP contribution in [-0.4, -0.2) is 56.9 Å². The van der Waals surface area contributed by atoms with Gasteiger partial charge in [-0.1, -0.05) is 0 Å². The summed E-state index contributed by atoms with van der Waals surface area (Å²) in [5, 5.41) is 0. The third-order valence-corrected chi connectivity index (χ3v) is 0. The first-order chi connectivity index (χ1) is 0. The molecule has 0 aromatic heterocycles. The molecule has 0 amide bonds. The van der Waals surface area contributed by atoms with Gasteiger partial charge >= 0.3 is 51.4 Å². The molecule has 0 bridgehead atoms. The van der Waals surface area contributed by atoms with Crippen LogP contribution in [0.1, 0.15) is 0 Å². The van der Waals surface area contributed by atoms with Gasteiger partial charge in [-0.15, -0.1) is 0 Å². The Balaban J connectivity index is 0. The van der Waals surface area contributed by atoms with Crippen molar-refractivity contribution in [3.05, 3.63) is 0 Å². The average molecular weight is 217 g/mol. The summed E-state index contributed by atoms with van der Waals surface area (Å²) < 4.78 is 0. The summed E-state index contributed by atoms with van der Waals surface area (Å²) in [5.74, 6) is 0. The second-order valence-corrected chi connectivity index (χ2v) is 0. The quantitative estimate of drug-likeness (QED) is 0.451. The van der Waals surface area contributed by atoms with Gasteiger partial charge in [-0.25, -0.2) is 0 Å². The van der Waals surface area contributed by atoms with Gasteiger partial charge in [0.05, 0.1) is 0 Å². The zero-order chi connectivity index (χ0) is 0. The fourth-order valence-electron chi connectivity index (χ4n) is 0. The van der Waals surface area contributed by atoms with Gasteiger partial charge in [0.25, 0.3) is 0 Å². The molecule has 0 aliphatic rings. The van der Waals surface area contributed by atoms with E-state index < -0.39 is 0 Å². The van der Waals surface area contributed by atoms with Gasteiger partial charge in [-0.05, 0) is 0 Å². The van der Waals surface area contributed by atoms with Crippen LogP contribution in [0, 0.1) is 35.6 Å². The van der Waals surface area contributed by atoms with E-state index >= 15 is 0 Å². The Bertz CT molecular complexity index is 8.00. The van der Waals surface area contributed by atoms with E-state index in [-0.39, 0.29) is 97.2 Å². The Hall–Kier alpha value is 2.72. The largest absolute Gasteiger partial charge is 0 e. The van der Waals surface area contributed by atoms with Crippen molar-refractivity contribution in [3.63, 3.8) is 0 Å². The van der Waals surface area contributed by atoms with Crippen molar-refractivity contribution in [3.8, 4) is 0 Å². The molecule has 1 radical (unpaired) electrons. The zero-order valence-electron chi connectivity index (χ0n) is 1.49. The topological polar surface area (TPSA) is 31.5 Å². The summed E-state index contributed by atoms with van der Waals surface area (Å²) in [5.41, 5.74) is 0. The minimum Gasteiger partial charge on any atom is 0 e. The van der Waals surface area contributed by atoms with Crippen LogP contribution in [0.15, 0.2) is 0 Å². The Kier molecular flexibility index (Phi) is 128. The second-order valence-electron chi connectivity index (χ2n) is 0. The van der Waals surface area contributed by atoms with E-state index in [9.17, 15) is 0 Å². The molecule has 0 aromatic rings. The van der Waals surface area contributed by atoms with Crippen LogP contribution in [0.5, 0.6) is 0 Å². The molecular weight excluding hydrogens is 213 g/mol. The molecule has 0 fully saturated rings. The van der Waals surface area contributed by atoms with E-state index in [1.807, 2.05) is 0 Å². The van der Waals surface area contributed by atoms with Crippen molar-refractivity contribution in [1.82, 2.24) is 0 Å². The van der Waals surface area contributed by atoms with Crippen LogP contribution in [-0.2, 0) is 0 Å². The van der Waals surface area contributed by atoms with Crippen molar-refractivity contribution < 1.29 is 45.8 Å².